The molecule has 0 fully saturated rings. The molecule has 0 aromatic carbocycles. The van der Waals surface area contributed by atoms with E-state index in [-0.39, 0.29) is 5.76 Å². The quantitative estimate of drug-likeness (QED) is 0.846. The smallest absolute Gasteiger partial charge is 0.372 e. The highest BCUT2D eigenvalue weighted by Gasteiger charge is 2.18. The number of hydrogen-bond donors (Lipinski definition) is 1. The van der Waals surface area contributed by atoms with Gasteiger partial charge in [0.05, 0.1) is 6.54 Å². The summed E-state index contributed by atoms with van der Waals surface area (Å²) in [6, 6.07) is 2.23. The molecule has 0 aliphatic rings. The largest absolute Gasteiger partial charge is 0.475 e. The zero-order valence-corrected chi connectivity index (χ0v) is 11.9. The summed E-state index contributed by atoms with van der Waals surface area (Å²) in [5.41, 5.74) is 0.686. The maximum atomic E-state index is 10.9. The zero-order valence-electron chi connectivity index (χ0n) is 11.9. The molecule has 4 heteroatoms. The van der Waals surface area contributed by atoms with E-state index in [2.05, 4.69) is 32.6 Å². The number of carboxylic acid groups (broad SMARTS) is 1. The minimum Gasteiger partial charge on any atom is -0.475 e. The van der Waals surface area contributed by atoms with E-state index in [1.54, 1.807) is 6.92 Å². The van der Waals surface area contributed by atoms with Gasteiger partial charge in [-0.1, -0.05) is 13.8 Å². The van der Waals surface area contributed by atoms with Crippen molar-refractivity contribution in [2.75, 3.05) is 6.54 Å². The molecular formula is C14H23NO3. The molecular weight excluding hydrogens is 230 g/mol. The molecule has 0 amide bonds. The van der Waals surface area contributed by atoms with Crippen molar-refractivity contribution in [3.8, 4) is 0 Å². The fourth-order valence-corrected chi connectivity index (χ4v) is 1.97. The lowest BCUT2D eigenvalue weighted by molar-refractivity contribution is 0.0656. The van der Waals surface area contributed by atoms with Gasteiger partial charge < -0.3 is 9.52 Å². The van der Waals surface area contributed by atoms with E-state index in [1.807, 2.05) is 6.07 Å². The molecule has 0 saturated carbocycles. The van der Waals surface area contributed by atoms with Gasteiger partial charge in [-0.05, 0) is 32.8 Å². The van der Waals surface area contributed by atoms with Crippen LogP contribution in [-0.2, 0) is 6.54 Å². The highest BCUT2D eigenvalue weighted by molar-refractivity contribution is 5.86. The Kier molecular flexibility index (Phi) is 4.96. The average Bonchev–Trinajstić information content (AvgIpc) is 2.57. The highest BCUT2D eigenvalue weighted by Crippen LogP contribution is 2.18. The zero-order chi connectivity index (χ0) is 13.9. The van der Waals surface area contributed by atoms with Gasteiger partial charge in [0.1, 0.15) is 5.76 Å². The lowest BCUT2D eigenvalue weighted by Crippen LogP contribution is -2.33. The molecule has 1 heterocycles. The van der Waals surface area contributed by atoms with Crippen molar-refractivity contribution in [3.63, 3.8) is 0 Å². The summed E-state index contributed by atoms with van der Waals surface area (Å²) >= 11 is 0. The Labute approximate surface area is 109 Å². The number of carboxylic acids is 1. The molecule has 1 N–H and O–H groups in total. The SMILES string of the molecule is Cc1cc(CN(CC(C)C)C(C)C)oc1C(=O)O. The van der Waals surface area contributed by atoms with Crippen molar-refractivity contribution in [1.82, 2.24) is 4.90 Å². The second kappa shape index (κ2) is 6.05. The molecule has 0 unspecified atom stereocenters. The molecule has 4 nitrogen and oxygen atoms in total. The molecule has 102 valence electrons. The fraction of sp³-hybridized carbons (Fsp3) is 0.643. The Morgan fingerprint density at radius 3 is 2.39 bits per heavy atom. The predicted molar refractivity (Wildman–Crippen MR) is 70.8 cm³/mol. The van der Waals surface area contributed by atoms with Gasteiger partial charge in [-0.2, -0.15) is 0 Å². The minimum atomic E-state index is -1.00. The van der Waals surface area contributed by atoms with Gasteiger partial charge >= 0.3 is 5.97 Å². The fourth-order valence-electron chi connectivity index (χ4n) is 1.97. The van der Waals surface area contributed by atoms with Crippen molar-refractivity contribution in [2.24, 2.45) is 5.92 Å². The van der Waals surface area contributed by atoms with Gasteiger partial charge in [-0.3, -0.25) is 4.90 Å². The molecule has 0 spiro atoms. The number of rotatable bonds is 6. The van der Waals surface area contributed by atoms with E-state index in [9.17, 15) is 4.79 Å². The molecule has 0 aliphatic heterocycles. The van der Waals surface area contributed by atoms with Crippen LogP contribution in [-0.4, -0.2) is 28.6 Å². The number of nitrogens with zero attached hydrogens (tertiary/aromatic N) is 1. The second-order valence-corrected chi connectivity index (χ2v) is 5.45. The van der Waals surface area contributed by atoms with E-state index in [1.165, 1.54) is 0 Å². The van der Waals surface area contributed by atoms with Crippen molar-refractivity contribution in [3.05, 3.63) is 23.2 Å². The van der Waals surface area contributed by atoms with Crippen molar-refractivity contribution < 1.29 is 14.3 Å². The van der Waals surface area contributed by atoms with Crippen LogP contribution >= 0.6 is 0 Å². The van der Waals surface area contributed by atoms with E-state index in [0.29, 0.717) is 24.1 Å². The highest BCUT2D eigenvalue weighted by atomic mass is 16.4. The van der Waals surface area contributed by atoms with Crippen LogP contribution in [0.15, 0.2) is 10.5 Å². The topological polar surface area (TPSA) is 53.7 Å². The van der Waals surface area contributed by atoms with Crippen LogP contribution in [0.2, 0.25) is 0 Å². The van der Waals surface area contributed by atoms with Crippen LogP contribution in [0.25, 0.3) is 0 Å². The number of aromatic carboxylic acids is 1. The maximum absolute atomic E-state index is 10.9. The summed E-state index contributed by atoms with van der Waals surface area (Å²) in [7, 11) is 0. The van der Waals surface area contributed by atoms with Crippen LogP contribution in [0.4, 0.5) is 0 Å². The average molecular weight is 253 g/mol. The van der Waals surface area contributed by atoms with Crippen LogP contribution in [0.3, 0.4) is 0 Å². The van der Waals surface area contributed by atoms with Crippen molar-refractivity contribution in [1.29, 1.82) is 0 Å². The van der Waals surface area contributed by atoms with Gasteiger partial charge in [-0.25, -0.2) is 4.79 Å². The predicted octanol–water partition coefficient (Wildman–Crippen LogP) is 3.15. The maximum Gasteiger partial charge on any atom is 0.372 e. The summed E-state index contributed by atoms with van der Waals surface area (Å²) in [5, 5.41) is 8.96. The molecule has 0 atom stereocenters. The second-order valence-electron chi connectivity index (χ2n) is 5.45. The number of hydrogen-bond acceptors (Lipinski definition) is 3. The first-order valence-corrected chi connectivity index (χ1v) is 6.38. The summed E-state index contributed by atoms with van der Waals surface area (Å²) in [6.45, 7) is 12.0. The molecule has 0 aliphatic carbocycles. The van der Waals surface area contributed by atoms with Gasteiger partial charge in [0, 0.05) is 18.2 Å². The molecule has 0 saturated heterocycles. The summed E-state index contributed by atoms with van der Waals surface area (Å²) < 4.78 is 5.40. The molecule has 1 aromatic rings. The van der Waals surface area contributed by atoms with Crippen LogP contribution in [0, 0.1) is 12.8 Å². The Hall–Kier alpha value is -1.29. The Balaban J connectivity index is 2.81. The van der Waals surface area contributed by atoms with Crippen LogP contribution in [0.1, 0.15) is 49.6 Å². The van der Waals surface area contributed by atoms with Crippen LogP contribution in [0.5, 0.6) is 0 Å². The molecule has 1 rings (SSSR count). The lowest BCUT2D eigenvalue weighted by atomic mass is 10.1. The first-order valence-electron chi connectivity index (χ1n) is 6.38. The third-order valence-corrected chi connectivity index (χ3v) is 2.85. The third-order valence-electron chi connectivity index (χ3n) is 2.85. The third kappa shape index (κ3) is 3.88. The van der Waals surface area contributed by atoms with Crippen molar-refractivity contribution >= 4 is 5.97 Å². The minimum absolute atomic E-state index is 0.0539. The van der Waals surface area contributed by atoms with Crippen LogP contribution < -0.4 is 0 Å². The van der Waals surface area contributed by atoms with Gasteiger partial charge in [0.25, 0.3) is 0 Å². The van der Waals surface area contributed by atoms with Gasteiger partial charge in [0.15, 0.2) is 0 Å². The first kappa shape index (κ1) is 14.8. The monoisotopic (exact) mass is 253 g/mol. The standard InChI is InChI=1S/C14H23NO3/c1-9(2)7-15(10(3)4)8-12-6-11(5)13(18-12)14(16)17/h6,9-10H,7-8H2,1-5H3,(H,16,17). The Bertz CT molecular complexity index is 407. The van der Waals surface area contributed by atoms with E-state index >= 15 is 0 Å². The van der Waals surface area contributed by atoms with E-state index in [4.69, 9.17) is 9.52 Å². The Morgan fingerprint density at radius 2 is 2.00 bits per heavy atom. The van der Waals surface area contributed by atoms with Gasteiger partial charge in [-0.15, -0.1) is 0 Å². The Morgan fingerprint density at radius 1 is 1.39 bits per heavy atom. The summed E-state index contributed by atoms with van der Waals surface area (Å²) in [6.07, 6.45) is 0. The lowest BCUT2D eigenvalue weighted by Gasteiger charge is -2.27. The molecule has 18 heavy (non-hydrogen) atoms. The van der Waals surface area contributed by atoms with E-state index in [0.717, 1.165) is 12.3 Å². The number of furan rings is 1. The van der Waals surface area contributed by atoms with Gasteiger partial charge in [0.2, 0.25) is 5.76 Å². The van der Waals surface area contributed by atoms with E-state index < -0.39 is 5.97 Å². The summed E-state index contributed by atoms with van der Waals surface area (Å²) in [4.78, 5) is 13.2. The molecule has 1 aromatic heterocycles. The number of carbonyl (C=O) groups is 1. The van der Waals surface area contributed by atoms with Crippen molar-refractivity contribution in [2.45, 2.75) is 47.2 Å². The molecule has 0 radical (unpaired) electrons. The summed E-state index contributed by atoms with van der Waals surface area (Å²) in [5.74, 6) is 0.346. The first-order chi connectivity index (χ1) is 8.31. The molecule has 0 bridgehead atoms. The normalized spacial score (nSPS) is 11.8. The number of aryl methyl sites for hydroxylation is 1.